The first-order valence-corrected chi connectivity index (χ1v) is 6.26. The molecule has 8 nitrogen and oxygen atoms in total. The molecule has 1 heterocycles. The standard InChI is InChI=1S/C13H15N5O3/c14-5-11-7-18(17-16-11)8-12(19)15-6-9-1-3-10(4-2-9)13(20)21/h1-4,7H,5-6,8,14H2,(H,15,19)(H,20,21). The summed E-state index contributed by atoms with van der Waals surface area (Å²) in [7, 11) is 0. The van der Waals surface area contributed by atoms with E-state index in [0.717, 1.165) is 5.56 Å². The molecule has 2 aromatic rings. The minimum Gasteiger partial charge on any atom is -0.478 e. The van der Waals surface area contributed by atoms with Gasteiger partial charge in [0.1, 0.15) is 6.54 Å². The smallest absolute Gasteiger partial charge is 0.335 e. The lowest BCUT2D eigenvalue weighted by Gasteiger charge is -2.05. The second-order valence-electron chi connectivity index (χ2n) is 4.39. The van der Waals surface area contributed by atoms with Gasteiger partial charge in [0.15, 0.2) is 0 Å². The molecule has 1 aromatic carbocycles. The van der Waals surface area contributed by atoms with Crippen molar-refractivity contribution in [1.29, 1.82) is 0 Å². The highest BCUT2D eigenvalue weighted by Gasteiger charge is 2.06. The molecule has 0 bridgehead atoms. The summed E-state index contributed by atoms with van der Waals surface area (Å²) in [6.45, 7) is 0.648. The number of carbonyl (C=O) groups is 2. The van der Waals surface area contributed by atoms with Crippen molar-refractivity contribution in [2.45, 2.75) is 19.6 Å². The number of nitrogens with one attached hydrogen (secondary N) is 1. The van der Waals surface area contributed by atoms with Crippen LogP contribution < -0.4 is 11.1 Å². The van der Waals surface area contributed by atoms with Crippen LogP contribution in [0.4, 0.5) is 0 Å². The Morgan fingerprint density at radius 1 is 1.29 bits per heavy atom. The van der Waals surface area contributed by atoms with Crippen LogP contribution in [0.5, 0.6) is 0 Å². The summed E-state index contributed by atoms with van der Waals surface area (Å²) in [6, 6.07) is 6.31. The van der Waals surface area contributed by atoms with Crippen molar-refractivity contribution < 1.29 is 14.7 Å². The minimum atomic E-state index is -0.979. The molecule has 0 fully saturated rings. The fourth-order valence-electron chi connectivity index (χ4n) is 1.68. The van der Waals surface area contributed by atoms with Gasteiger partial charge < -0.3 is 16.2 Å². The maximum atomic E-state index is 11.7. The summed E-state index contributed by atoms with van der Waals surface area (Å²) in [5.41, 5.74) is 7.05. The molecule has 0 aliphatic carbocycles. The normalized spacial score (nSPS) is 10.3. The van der Waals surface area contributed by atoms with Crippen molar-refractivity contribution in [1.82, 2.24) is 20.3 Å². The largest absolute Gasteiger partial charge is 0.478 e. The van der Waals surface area contributed by atoms with Gasteiger partial charge in [-0.05, 0) is 17.7 Å². The van der Waals surface area contributed by atoms with Crippen LogP contribution in [0.15, 0.2) is 30.5 Å². The Labute approximate surface area is 120 Å². The first-order valence-electron chi connectivity index (χ1n) is 6.26. The van der Waals surface area contributed by atoms with Crippen LogP contribution in [0.2, 0.25) is 0 Å². The number of nitrogens with two attached hydrogens (primary N) is 1. The number of carbonyl (C=O) groups excluding carboxylic acids is 1. The number of carboxylic acids is 1. The van der Waals surface area contributed by atoms with Crippen LogP contribution in [-0.2, 0) is 24.4 Å². The molecular weight excluding hydrogens is 274 g/mol. The summed E-state index contributed by atoms with van der Waals surface area (Å²) < 4.78 is 1.41. The first kappa shape index (κ1) is 14.7. The summed E-state index contributed by atoms with van der Waals surface area (Å²) in [4.78, 5) is 22.4. The Hall–Kier alpha value is -2.74. The summed E-state index contributed by atoms with van der Waals surface area (Å²) in [5, 5.41) is 19.1. The van der Waals surface area contributed by atoms with E-state index in [1.807, 2.05) is 0 Å². The highest BCUT2D eigenvalue weighted by atomic mass is 16.4. The monoisotopic (exact) mass is 289 g/mol. The number of aromatic nitrogens is 3. The van der Waals surface area contributed by atoms with Crippen LogP contribution in [0.1, 0.15) is 21.6 Å². The number of aromatic carboxylic acids is 1. The van der Waals surface area contributed by atoms with E-state index in [2.05, 4.69) is 15.6 Å². The minimum absolute atomic E-state index is 0.0558. The quantitative estimate of drug-likeness (QED) is 0.674. The molecule has 2 rings (SSSR count). The van der Waals surface area contributed by atoms with Gasteiger partial charge in [0.25, 0.3) is 0 Å². The zero-order valence-electron chi connectivity index (χ0n) is 11.2. The Bertz CT molecular complexity index is 636. The summed E-state index contributed by atoms with van der Waals surface area (Å²) >= 11 is 0. The summed E-state index contributed by atoms with van der Waals surface area (Å²) in [5.74, 6) is -1.20. The number of hydrogen-bond donors (Lipinski definition) is 3. The summed E-state index contributed by atoms with van der Waals surface area (Å²) in [6.07, 6.45) is 1.61. The molecule has 0 aliphatic rings. The molecule has 110 valence electrons. The third-order valence-electron chi connectivity index (χ3n) is 2.79. The van der Waals surface area contributed by atoms with Gasteiger partial charge in [-0.1, -0.05) is 17.3 Å². The number of rotatable bonds is 6. The number of amides is 1. The number of carboxylic acid groups (broad SMARTS) is 1. The molecule has 0 spiro atoms. The van der Waals surface area contributed by atoms with E-state index in [1.54, 1.807) is 18.3 Å². The SMILES string of the molecule is NCc1cn(CC(=O)NCc2ccc(C(=O)O)cc2)nn1. The lowest BCUT2D eigenvalue weighted by molar-refractivity contribution is -0.122. The van der Waals surface area contributed by atoms with E-state index in [-0.39, 0.29) is 24.6 Å². The first-order chi connectivity index (χ1) is 10.1. The van der Waals surface area contributed by atoms with Gasteiger partial charge in [-0.15, -0.1) is 5.10 Å². The highest BCUT2D eigenvalue weighted by Crippen LogP contribution is 2.04. The average molecular weight is 289 g/mol. The number of benzene rings is 1. The molecule has 8 heteroatoms. The number of hydrogen-bond acceptors (Lipinski definition) is 5. The molecule has 0 aliphatic heterocycles. The van der Waals surface area contributed by atoms with Crippen LogP contribution in [0, 0.1) is 0 Å². The maximum Gasteiger partial charge on any atom is 0.335 e. The van der Waals surface area contributed by atoms with Crippen LogP contribution in [-0.4, -0.2) is 32.0 Å². The van der Waals surface area contributed by atoms with Crippen molar-refractivity contribution in [3.05, 3.63) is 47.3 Å². The molecule has 0 atom stereocenters. The van der Waals surface area contributed by atoms with Gasteiger partial charge in [-0.2, -0.15) is 0 Å². The lowest BCUT2D eigenvalue weighted by atomic mass is 10.1. The Morgan fingerprint density at radius 3 is 2.57 bits per heavy atom. The predicted octanol–water partition coefficient (Wildman–Crippen LogP) is -0.249. The Morgan fingerprint density at radius 2 is 2.00 bits per heavy atom. The van der Waals surface area contributed by atoms with Gasteiger partial charge in [0.05, 0.1) is 17.5 Å². The van der Waals surface area contributed by atoms with Gasteiger partial charge in [0, 0.05) is 13.1 Å². The van der Waals surface area contributed by atoms with E-state index in [0.29, 0.717) is 12.2 Å². The second-order valence-corrected chi connectivity index (χ2v) is 4.39. The van der Waals surface area contributed by atoms with Crippen molar-refractivity contribution in [3.63, 3.8) is 0 Å². The third kappa shape index (κ3) is 4.11. The molecule has 0 saturated heterocycles. The zero-order valence-corrected chi connectivity index (χ0v) is 11.2. The van der Waals surface area contributed by atoms with Crippen LogP contribution in [0.3, 0.4) is 0 Å². The van der Waals surface area contributed by atoms with Crippen molar-refractivity contribution in [2.24, 2.45) is 5.73 Å². The van der Waals surface area contributed by atoms with E-state index >= 15 is 0 Å². The van der Waals surface area contributed by atoms with E-state index in [4.69, 9.17) is 10.8 Å². The van der Waals surface area contributed by atoms with Crippen LogP contribution >= 0.6 is 0 Å². The lowest BCUT2D eigenvalue weighted by Crippen LogP contribution is -2.27. The Balaban J connectivity index is 1.84. The molecule has 21 heavy (non-hydrogen) atoms. The van der Waals surface area contributed by atoms with Gasteiger partial charge in [-0.3, -0.25) is 4.79 Å². The average Bonchev–Trinajstić information content (AvgIpc) is 2.93. The van der Waals surface area contributed by atoms with Crippen molar-refractivity contribution in [3.8, 4) is 0 Å². The second kappa shape index (κ2) is 6.62. The zero-order chi connectivity index (χ0) is 15.2. The topological polar surface area (TPSA) is 123 Å². The Kier molecular flexibility index (Phi) is 4.62. The number of nitrogens with zero attached hydrogens (tertiary/aromatic N) is 3. The van der Waals surface area contributed by atoms with Gasteiger partial charge in [0.2, 0.25) is 5.91 Å². The van der Waals surface area contributed by atoms with Gasteiger partial charge >= 0.3 is 5.97 Å². The predicted molar refractivity (Wildman–Crippen MR) is 73.2 cm³/mol. The van der Waals surface area contributed by atoms with E-state index in [9.17, 15) is 9.59 Å². The van der Waals surface area contributed by atoms with Crippen molar-refractivity contribution >= 4 is 11.9 Å². The molecular formula is C13H15N5O3. The van der Waals surface area contributed by atoms with E-state index < -0.39 is 5.97 Å². The third-order valence-corrected chi connectivity index (χ3v) is 2.79. The molecule has 0 radical (unpaired) electrons. The molecule has 4 N–H and O–H groups in total. The fourth-order valence-corrected chi connectivity index (χ4v) is 1.68. The fraction of sp³-hybridized carbons (Fsp3) is 0.231. The maximum absolute atomic E-state index is 11.7. The van der Waals surface area contributed by atoms with E-state index in [1.165, 1.54) is 16.8 Å². The van der Waals surface area contributed by atoms with Crippen LogP contribution in [0.25, 0.3) is 0 Å². The molecule has 0 saturated carbocycles. The van der Waals surface area contributed by atoms with Gasteiger partial charge in [-0.25, -0.2) is 9.48 Å². The molecule has 1 aromatic heterocycles. The molecule has 1 amide bonds. The van der Waals surface area contributed by atoms with Crippen molar-refractivity contribution in [2.75, 3.05) is 0 Å². The molecule has 0 unspecified atom stereocenters. The highest BCUT2D eigenvalue weighted by molar-refractivity contribution is 5.87.